The summed E-state index contributed by atoms with van der Waals surface area (Å²) in [5.41, 5.74) is 2.96. The van der Waals surface area contributed by atoms with E-state index in [1.807, 2.05) is 12.4 Å². The molecule has 3 heterocycles. The lowest BCUT2D eigenvalue weighted by Gasteiger charge is -2.21. The van der Waals surface area contributed by atoms with E-state index < -0.39 is 10.0 Å². The van der Waals surface area contributed by atoms with Gasteiger partial charge in [0.1, 0.15) is 0 Å². The molecule has 2 saturated heterocycles. The third kappa shape index (κ3) is 3.45. The van der Waals surface area contributed by atoms with Crippen molar-refractivity contribution in [2.75, 3.05) is 39.0 Å². The van der Waals surface area contributed by atoms with Crippen LogP contribution >= 0.6 is 11.3 Å². The summed E-state index contributed by atoms with van der Waals surface area (Å²) < 4.78 is 30.9. The van der Waals surface area contributed by atoms with Gasteiger partial charge in [0.15, 0.2) is 0 Å². The summed E-state index contributed by atoms with van der Waals surface area (Å²) >= 11 is 1.68. The summed E-state index contributed by atoms with van der Waals surface area (Å²) in [5, 5.41) is 0. The Hall–Kier alpha value is -0.540. The third-order valence-corrected chi connectivity index (χ3v) is 6.44. The lowest BCUT2D eigenvalue weighted by atomic mass is 10.1. The topological polar surface area (TPSA) is 62.7 Å². The molecule has 8 heteroatoms. The van der Waals surface area contributed by atoms with Crippen molar-refractivity contribution in [1.29, 1.82) is 0 Å². The van der Waals surface area contributed by atoms with Crippen molar-refractivity contribution >= 4 is 21.4 Å². The number of rotatable bonds is 3. The SMILES string of the molecule is Cc1ncsc1CN1C[C@@H]2CN(S(C)(=O)=O)CCO[C@@H]2C1. The van der Waals surface area contributed by atoms with Gasteiger partial charge in [0.25, 0.3) is 0 Å². The number of likely N-dealkylation sites (tertiary alicyclic amines) is 1. The lowest BCUT2D eigenvalue weighted by molar-refractivity contribution is 0.0519. The smallest absolute Gasteiger partial charge is 0.211 e. The van der Waals surface area contributed by atoms with Gasteiger partial charge < -0.3 is 4.74 Å². The predicted octanol–water partition coefficient (Wildman–Crippen LogP) is 0.544. The van der Waals surface area contributed by atoms with E-state index in [2.05, 4.69) is 9.88 Å². The first-order valence-corrected chi connectivity index (χ1v) is 9.84. The molecule has 0 bridgehead atoms. The Balaban J connectivity index is 1.66. The number of hydrogen-bond donors (Lipinski definition) is 0. The summed E-state index contributed by atoms with van der Waals surface area (Å²) in [7, 11) is -3.14. The first kappa shape index (κ1) is 15.4. The molecular weight excluding hydrogens is 310 g/mol. The molecule has 0 aliphatic carbocycles. The summed E-state index contributed by atoms with van der Waals surface area (Å²) in [4.78, 5) is 7.91. The maximum Gasteiger partial charge on any atom is 0.211 e. The first-order valence-electron chi connectivity index (χ1n) is 7.11. The molecule has 0 unspecified atom stereocenters. The van der Waals surface area contributed by atoms with E-state index in [4.69, 9.17) is 4.74 Å². The number of aromatic nitrogens is 1. The normalized spacial score (nSPS) is 28.5. The molecule has 6 nitrogen and oxygen atoms in total. The van der Waals surface area contributed by atoms with Crippen LogP contribution in [0.15, 0.2) is 5.51 Å². The van der Waals surface area contributed by atoms with E-state index in [0.717, 1.165) is 25.3 Å². The van der Waals surface area contributed by atoms with Gasteiger partial charge in [0.2, 0.25) is 10.0 Å². The van der Waals surface area contributed by atoms with Crippen LogP contribution in [-0.2, 0) is 21.3 Å². The van der Waals surface area contributed by atoms with Crippen molar-refractivity contribution in [2.24, 2.45) is 5.92 Å². The van der Waals surface area contributed by atoms with Gasteiger partial charge in [-0.1, -0.05) is 0 Å². The Morgan fingerprint density at radius 1 is 1.43 bits per heavy atom. The molecule has 1 aromatic heterocycles. The molecule has 2 aliphatic rings. The molecule has 21 heavy (non-hydrogen) atoms. The molecular formula is C13H21N3O3S2. The Bertz CT molecular complexity index is 602. The van der Waals surface area contributed by atoms with Gasteiger partial charge >= 0.3 is 0 Å². The zero-order valence-corrected chi connectivity index (χ0v) is 14.0. The fourth-order valence-corrected chi connectivity index (χ4v) is 4.75. The second-order valence-electron chi connectivity index (χ2n) is 5.85. The number of nitrogens with zero attached hydrogens (tertiary/aromatic N) is 3. The van der Waals surface area contributed by atoms with Gasteiger partial charge in [-0.25, -0.2) is 13.4 Å². The minimum Gasteiger partial charge on any atom is -0.375 e. The van der Waals surface area contributed by atoms with Crippen LogP contribution < -0.4 is 0 Å². The van der Waals surface area contributed by atoms with E-state index in [9.17, 15) is 8.42 Å². The van der Waals surface area contributed by atoms with Crippen molar-refractivity contribution in [3.63, 3.8) is 0 Å². The molecule has 0 N–H and O–H groups in total. The minimum absolute atomic E-state index is 0.143. The Labute approximate surface area is 129 Å². The minimum atomic E-state index is -3.14. The van der Waals surface area contributed by atoms with Gasteiger partial charge in [-0.3, -0.25) is 4.90 Å². The molecule has 2 aliphatic heterocycles. The van der Waals surface area contributed by atoms with E-state index in [1.165, 1.54) is 11.1 Å². The second-order valence-corrected chi connectivity index (χ2v) is 8.77. The number of hydrogen-bond acceptors (Lipinski definition) is 6. The highest BCUT2D eigenvalue weighted by Crippen LogP contribution is 2.27. The maximum atomic E-state index is 11.8. The lowest BCUT2D eigenvalue weighted by Crippen LogP contribution is -2.36. The quantitative estimate of drug-likeness (QED) is 0.809. The molecule has 2 atom stereocenters. The van der Waals surface area contributed by atoms with Crippen molar-refractivity contribution in [1.82, 2.24) is 14.2 Å². The van der Waals surface area contributed by atoms with Gasteiger partial charge in [0, 0.05) is 43.5 Å². The van der Waals surface area contributed by atoms with Crippen molar-refractivity contribution in [3.05, 3.63) is 16.1 Å². The standard InChI is InChI=1S/C13H21N3O3S2/c1-10-13(20-9-14-10)8-15-5-11-6-16(21(2,17)18)3-4-19-12(11)7-15/h9,11-12H,3-8H2,1-2H3/t11-,12-/m1/s1. The Kier molecular flexibility index (Phi) is 4.33. The van der Waals surface area contributed by atoms with Crippen LogP contribution in [0.1, 0.15) is 10.6 Å². The molecule has 0 spiro atoms. The number of fused-ring (bicyclic) bond motifs is 1. The third-order valence-electron chi connectivity index (χ3n) is 4.25. The van der Waals surface area contributed by atoms with Gasteiger partial charge in [-0.2, -0.15) is 4.31 Å². The van der Waals surface area contributed by atoms with Crippen molar-refractivity contribution < 1.29 is 13.2 Å². The van der Waals surface area contributed by atoms with Crippen LogP contribution in [-0.4, -0.2) is 67.8 Å². The number of thiazole rings is 1. The van der Waals surface area contributed by atoms with E-state index >= 15 is 0 Å². The van der Waals surface area contributed by atoms with Crippen LogP contribution in [0.4, 0.5) is 0 Å². The molecule has 3 rings (SSSR count). The highest BCUT2D eigenvalue weighted by atomic mass is 32.2. The van der Waals surface area contributed by atoms with Crippen molar-refractivity contribution in [3.8, 4) is 0 Å². The molecule has 118 valence electrons. The average molecular weight is 331 g/mol. The molecule has 2 fully saturated rings. The van der Waals surface area contributed by atoms with Crippen molar-refractivity contribution in [2.45, 2.75) is 19.6 Å². The summed E-state index contributed by atoms with van der Waals surface area (Å²) in [5.74, 6) is 0.260. The van der Waals surface area contributed by atoms with E-state index in [-0.39, 0.29) is 12.0 Å². The van der Waals surface area contributed by atoms with Crippen LogP contribution in [0.5, 0.6) is 0 Å². The van der Waals surface area contributed by atoms with Gasteiger partial charge in [0.05, 0.1) is 30.2 Å². The average Bonchev–Trinajstić information content (AvgIpc) is 2.90. The summed E-state index contributed by atoms with van der Waals surface area (Å²) in [6, 6.07) is 0. The zero-order valence-electron chi connectivity index (χ0n) is 12.4. The summed E-state index contributed by atoms with van der Waals surface area (Å²) in [6.07, 6.45) is 1.42. The van der Waals surface area contributed by atoms with Crippen LogP contribution in [0.2, 0.25) is 0 Å². The Morgan fingerprint density at radius 3 is 2.90 bits per heavy atom. The number of aryl methyl sites for hydroxylation is 1. The largest absolute Gasteiger partial charge is 0.375 e. The molecule has 1 aromatic rings. The molecule has 0 radical (unpaired) electrons. The maximum absolute atomic E-state index is 11.8. The van der Waals surface area contributed by atoms with E-state index in [1.54, 1.807) is 15.6 Å². The molecule has 0 amide bonds. The summed E-state index contributed by atoms with van der Waals surface area (Å²) in [6.45, 7) is 6.20. The van der Waals surface area contributed by atoms with Gasteiger partial charge in [-0.05, 0) is 6.92 Å². The predicted molar refractivity (Wildman–Crippen MR) is 81.8 cm³/mol. The van der Waals surface area contributed by atoms with E-state index in [0.29, 0.717) is 19.7 Å². The highest BCUT2D eigenvalue weighted by molar-refractivity contribution is 7.88. The monoisotopic (exact) mass is 331 g/mol. The van der Waals surface area contributed by atoms with Gasteiger partial charge in [-0.15, -0.1) is 11.3 Å². The van der Waals surface area contributed by atoms with Crippen LogP contribution in [0.3, 0.4) is 0 Å². The fraction of sp³-hybridized carbons (Fsp3) is 0.769. The zero-order chi connectivity index (χ0) is 15.0. The number of ether oxygens (including phenoxy) is 1. The fourth-order valence-electron chi connectivity index (χ4n) is 3.06. The highest BCUT2D eigenvalue weighted by Gasteiger charge is 2.38. The number of sulfonamides is 1. The molecule has 0 aromatic carbocycles. The molecule has 0 saturated carbocycles. The van der Waals surface area contributed by atoms with Crippen LogP contribution in [0.25, 0.3) is 0 Å². The Morgan fingerprint density at radius 2 is 2.24 bits per heavy atom. The first-order chi connectivity index (χ1) is 9.93. The van der Waals surface area contributed by atoms with Crippen LogP contribution in [0, 0.1) is 12.8 Å². The second kappa shape index (κ2) is 5.92.